The lowest BCUT2D eigenvalue weighted by molar-refractivity contribution is 0.370. The molecule has 7 nitrogen and oxygen atoms in total. The maximum atomic E-state index is 5.57. The molecular weight excluding hydrogens is 352 g/mol. The van der Waals surface area contributed by atoms with Gasteiger partial charge in [0.15, 0.2) is 0 Å². The summed E-state index contributed by atoms with van der Waals surface area (Å²) in [5.41, 5.74) is 7.33. The summed E-state index contributed by atoms with van der Waals surface area (Å²) in [7, 11) is 0. The van der Waals surface area contributed by atoms with Crippen molar-refractivity contribution in [3.8, 4) is 11.4 Å². The largest absolute Gasteiger partial charge is 0.338 e. The van der Waals surface area contributed by atoms with Crippen LogP contribution in [0.2, 0.25) is 0 Å². The molecule has 0 aliphatic heterocycles. The Morgan fingerprint density at radius 2 is 1.96 bits per heavy atom. The number of H-pyrrole nitrogens is 1. The molecule has 0 aliphatic rings. The summed E-state index contributed by atoms with van der Waals surface area (Å²) in [6.45, 7) is 10.8. The van der Waals surface area contributed by atoms with Gasteiger partial charge in [-0.2, -0.15) is 15.2 Å². The molecular formula is C21H24N6O. The van der Waals surface area contributed by atoms with Crippen LogP contribution in [0.5, 0.6) is 0 Å². The fourth-order valence-corrected chi connectivity index (χ4v) is 3.67. The van der Waals surface area contributed by atoms with Crippen molar-refractivity contribution < 1.29 is 4.52 Å². The van der Waals surface area contributed by atoms with Crippen molar-refractivity contribution in [2.24, 2.45) is 0 Å². The molecule has 28 heavy (non-hydrogen) atoms. The highest BCUT2D eigenvalue weighted by molar-refractivity contribution is 5.55. The van der Waals surface area contributed by atoms with Crippen LogP contribution in [-0.2, 0) is 6.54 Å². The average molecular weight is 376 g/mol. The molecule has 0 bridgehead atoms. The van der Waals surface area contributed by atoms with Crippen molar-refractivity contribution in [1.82, 2.24) is 30.1 Å². The molecule has 7 heteroatoms. The molecule has 0 saturated carbocycles. The molecule has 1 atom stereocenters. The Morgan fingerprint density at radius 3 is 2.64 bits per heavy atom. The van der Waals surface area contributed by atoms with Gasteiger partial charge < -0.3 is 4.52 Å². The third-order valence-corrected chi connectivity index (χ3v) is 5.05. The lowest BCUT2D eigenvalue weighted by Crippen LogP contribution is -2.04. The molecule has 144 valence electrons. The Labute approximate surface area is 163 Å². The fourth-order valence-electron chi connectivity index (χ4n) is 3.67. The molecule has 0 radical (unpaired) electrons. The van der Waals surface area contributed by atoms with Gasteiger partial charge in [-0.1, -0.05) is 23.4 Å². The molecule has 0 fully saturated rings. The first-order chi connectivity index (χ1) is 13.4. The normalized spacial score (nSPS) is 12.5. The van der Waals surface area contributed by atoms with E-state index in [-0.39, 0.29) is 5.92 Å². The monoisotopic (exact) mass is 376 g/mol. The van der Waals surface area contributed by atoms with E-state index in [1.54, 1.807) is 0 Å². The quantitative estimate of drug-likeness (QED) is 0.567. The second-order valence-corrected chi connectivity index (χ2v) is 7.31. The lowest BCUT2D eigenvalue weighted by Gasteiger charge is -2.06. The Hall–Kier alpha value is -3.22. The van der Waals surface area contributed by atoms with Crippen molar-refractivity contribution in [3.05, 3.63) is 70.1 Å². The van der Waals surface area contributed by atoms with Gasteiger partial charge in [0.1, 0.15) is 0 Å². The summed E-state index contributed by atoms with van der Waals surface area (Å²) in [6.07, 6.45) is 0. The minimum Gasteiger partial charge on any atom is -0.338 e. The van der Waals surface area contributed by atoms with Gasteiger partial charge in [-0.25, -0.2) is 0 Å². The van der Waals surface area contributed by atoms with Gasteiger partial charge >= 0.3 is 0 Å². The fraction of sp³-hybridized carbons (Fsp3) is 0.333. The Morgan fingerprint density at radius 1 is 1.14 bits per heavy atom. The summed E-state index contributed by atoms with van der Waals surface area (Å²) in [5.74, 6) is 1.17. The molecule has 4 rings (SSSR count). The van der Waals surface area contributed by atoms with E-state index in [0.29, 0.717) is 18.3 Å². The first-order valence-corrected chi connectivity index (χ1v) is 9.38. The van der Waals surface area contributed by atoms with Crippen LogP contribution in [0.3, 0.4) is 0 Å². The molecule has 3 aromatic heterocycles. The second-order valence-electron chi connectivity index (χ2n) is 7.31. The Bertz CT molecular complexity index is 1100. The van der Waals surface area contributed by atoms with Crippen LogP contribution in [0.25, 0.3) is 11.4 Å². The second kappa shape index (κ2) is 7.07. The molecule has 0 spiro atoms. The molecule has 1 N–H and O–H groups in total. The lowest BCUT2D eigenvalue weighted by atomic mass is 9.99. The van der Waals surface area contributed by atoms with E-state index in [1.807, 2.05) is 37.6 Å². The van der Waals surface area contributed by atoms with Crippen molar-refractivity contribution >= 4 is 0 Å². The topological polar surface area (TPSA) is 85.4 Å². The molecule has 4 aromatic rings. The summed E-state index contributed by atoms with van der Waals surface area (Å²) < 4.78 is 7.58. The number of benzene rings is 1. The highest BCUT2D eigenvalue weighted by Crippen LogP contribution is 2.28. The zero-order chi connectivity index (χ0) is 19.8. The van der Waals surface area contributed by atoms with Crippen molar-refractivity contribution in [2.75, 3.05) is 0 Å². The first kappa shape index (κ1) is 18.2. The molecule has 3 heterocycles. The molecule has 1 aromatic carbocycles. The summed E-state index contributed by atoms with van der Waals surface area (Å²) in [4.78, 5) is 4.65. The van der Waals surface area contributed by atoms with E-state index in [1.165, 1.54) is 0 Å². The van der Waals surface area contributed by atoms with Gasteiger partial charge in [-0.3, -0.25) is 9.78 Å². The minimum absolute atomic E-state index is 0.0159. The molecule has 0 saturated heterocycles. The van der Waals surface area contributed by atoms with E-state index in [0.717, 1.165) is 39.5 Å². The van der Waals surface area contributed by atoms with Crippen molar-refractivity contribution in [3.63, 3.8) is 0 Å². The van der Waals surface area contributed by atoms with Crippen molar-refractivity contribution in [2.45, 2.75) is 47.1 Å². The highest BCUT2D eigenvalue weighted by Gasteiger charge is 2.22. The van der Waals surface area contributed by atoms with E-state index in [9.17, 15) is 0 Å². The number of aromatic nitrogens is 6. The first-order valence-electron chi connectivity index (χ1n) is 9.38. The van der Waals surface area contributed by atoms with E-state index in [4.69, 9.17) is 4.52 Å². The zero-order valence-corrected chi connectivity index (χ0v) is 16.8. The van der Waals surface area contributed by atoms with Crippen LogP contribution >= 0.6 is 0 Å². The van der Waals surface area contributed by atoms with Gasteiger partial charge in [0.25, 0.3) is 0 Å². The summed E-state index contributed by atoms with van der Waals surface area (Å²) in [5, 5.41) is 16.0. The SMILES string of the molecule is Cc1cc(C)n(Cc2cccc(-c3noc(C(C)c4c(C)n[nH]c4C)n3)c2)n1. The van der Waals surface area contributed by atoms with E-state index in [2.05, 4.69) is 57.5 Å². The predicted molar refractivity (Wildman–Crippen MR) is 106 cm³/mol. The number of hydrogen-bond donors (Lipinski definition) is 1. The van der Waals surface area contributed by atoms with Gasteiger partial charge in [-0.05, 0) is 52.3 Å². The smallest absolute Gasteiger partial charge is 0.234 e. The van der Waals surface area contributed by atoms with Gasteiger partial charge in [0, 0.05) is 22.5 Å². The number of aromatic amines is 1. The van der Waals surface area contributed by atoms with Gasteiger partial charge in [0.2, 0.25) is 11.7 Å². The Balaban J connectivity index is 1.60. The number of hydrogen-bond acceptors (Lipinski definition) is 5. The van der Waals surface area contributed by atoms with Crippen LogP contribution in [0.1, 0.15) is 52.6 Å². The molecule has 0 aliphatic carbocycles. The maximum absolute atomic E-state index is 5.57. The third-order valence-electron chi connectivity index (χ3n) is 5.05. The predicted octanol–water partition coefficient (Wildman–Crippen LogP) is 4.09. The van der Waals surface area contributed by atoms with Crippen LogP contribution in [-0.4, -0.2) is 30.1 Å². The number of rotatable bonds is 5. The van der Waals surface area contributed by atoms with E-state index < -0.39 is 0 Å². The number of aryl methyl sites for hydroxylation is 4. The molecule has 0 amide bonds. The molecule has 1 unspecified atom stereocenters. The Kier molecular flexibility index (Phi) is 4.58. The standard InChI is InChI=1S/C21H24N6O/c1-12-9-13(2)27(25-12)11-17-7-6-8-18(10-17)20-22-21(28-26-20)14(3)19-15(4)23-24-16(19)5/h6-10,14H,11H2,1-5H3,(H,23,24). The highest BCUT2D eigenvalue weighted by atomic mass is 16.5. The average Bonchev–Trinajstić information content (AvgIpc) is 3.35. The number of nitrogens with one attached hydrogen (secondary N) is 1. The van der Waals surface area contributed by atoms with Crippen LogP contribution in [0, 0.1) is 27.7 Å². The summed E-state index contributed by atoms with van der Waals surface area (Å²) in [6, 6.07) is 10.3. The van der Waals surface area contributed by atoms with Gasteiger partial charge in [0.05, 0.1) is 23.9 Å². The van der Waals surface area contributed by atoms with Crippen LogP contribution in [0.4, 0.5) is 0 Å². The number of nitrogens with zero attached hydrogens (tertiary/aromatic N) is 5. The van der Waals surface area contributed by atoms with Gasteiger partial charge in [-0.15, -0.1) is 0 Å². The third kappa shape index (κ3) is 3.35. The van der Waals surface area contributed by atoms with Crippen LogP contribution < -0.4 is 0 Å². The minimum atomic E-state index is -0.0159. The van der Waals surface area contributed by atoms with Crippen LogP contribution in [0.15, 0.2) is 34.9 Å². The van der Waals surface area contributed by atoms with E-state index >= 15 is 0 Å². The zero-order valence-electron chi connectivity index (χ0n) is 16.8. The maximum Gasteiger partial charge on any atom is 0.234 e. The van der Waals surface area contributed by atoms with Crippen molar-refractivity contribution in [1.29, 1.82) is 0 Å². The summed E-state index contributed by atoms with van der Waals surface area (Å²) >= 11 is 0.